The summed E-state index contributed by atoms with van der Waals surface area (Å²) < 4.78 is 11.5. The minimum Gasteiger partial charge on any atom is -0.493 e. The highest BCUT2D eigenvalue weighted by Gasteiger charge is 2.38. The van der Waals surface area contributed by atoms with Crippen molar-refractivity contribution in [1.82, 2.24) is 4.90 Å². The maximum Gasteiger partial charge on any atom is 0.326 e. The number of carbonyl (C=O) groups is 2. The maximum absolute atomic E-state index is 12.6. The number of carbonyl (C=O) groups excluding carboxylic acids is 1. The lowest BCUT2D eigenvalue weighted by Crippen LogP contribution is -2.41. The third-order valence-corrected chi connectivity index (χ3v) is 6.14. The minimum atomic E-state index is -1.10. The Balaban J connectivity index is 2.01. The van der Waals surface area contributed by atoms with E-state index in [1.807, 2.05) is 12.1 Å². The Bertz CT molecular complexity index is 809. The SMILES string of the molecule is CCCCCCCCOc1ccc(/C=C2\SC(=S)N([C@H](C)C(=O)O)C2=O)cc1OC. The smallest absolute Gasteiger partial charge is 0.326 e. The number of unbranched alkanes of at least 4 members (excludes halogenated alkanes) is 5. The molecule has 1 heterocycles. The molecule has 8 heteroatoms. The lowest BCUT2D eigenvalue weighted by molar-refractivity contribution is -0.144. The zero-order valence-corrected chi connectivity index (χ0v) is 19.3. The summed E-state index contributed by atoms with van der Waals surface area (Å²) in [6, 6.07) is 4.45. The van der Waals surface area contributed by atoms with Gasteiger partial charge >= 0.3 is 5.97 Å². The number of amides is 1. The van der Waals surface area contributed by atoms with E-state index in [9.17, 15) is 14.7 Å². The largest absolute Gasteiger partial charge is 0.493 e. The monoisotopic (exact) mass is 451 g/mol. The highest BCUT2D eigenvalue weighted by molar-refractivity contribution is 8.26. The van der Waals surface area contributed by atoms with Crippen LogP contribution >= 0.6 is 24.0 Å². The fourth-order valence-electron chi connectivity index (χ4n) is 3.03. The quantitative estimate of drug-likeness (QED) is 0.269. The van der Waals surface area contributed by atoms with E-state index >= 15 is 0 Å². The normalized spacial score (nSPS) is 16.2. The Kier molecular flexibility index (Phi) is 9.65. The molecule has 1 amide bonds. The molecule has 0 saturated carbocycles. The molecule has 2 rings (SSSR count). The van der Waals surface area contributed by atoms with Gasteiger partial charge < -0.3 is 14.6 Å². The van der Waals surface area contributed by atoms with Gasteiger partial charge in [0.15, 0.2) is 11.5 Å². The van der Waals surface area contributed by atoms with Crippen molar-refractivity contribution in [3.8, 4) is 11.5 Å². The van der Waals surface area contributed by atoms with Crippen LogP contribution in [-0.4, -0.2) is 46.0 Å². The average Bonchev–Trinajstić information content (AvgIpc) is 3.00. The van der Waals surface area contributed by atoms with E-state index in [1.54, 1.807) is 19.3 Å². The fourth-order valence-corrected chi connectivity index (χ4v) is 4.45. The van der Waals surface area contributed by atoms with E-state index in [0.29, 0.717) is 23.0 Å². The number of carboxylic acids is 1. The van der Waals surface area contributed by atoms with Crippen LogP contribution in [0.25, 0.3) is 6.08 Å². The van der Waals surface area contributed by atoms with Gasteiger partial charge in [-0.15, -0.1) is 0 Å². The zero-order chi connectivity index (χ0) is 22.1. The van der Waals surface area contributed by atoms with Gasteiger partial charge in [-0.1, -0.05) is 69.1 Å². The highest BCUT2D eigenvalue weighted by atomic mass is 32.2. The van der Waals surface area contributed by atoms with Gasteiger partial charge in [-0.25, -0.2) is 4.79 Å². The summed E-state index contributed by atoms with van der Waals surface area (Å²) in [5.74, 6) is -0.247. The van der Waals surface area contributed by atoms with Crippen LogP contribution < -0.4 is 9.47 Å². The number of rotatable bonds is 12. The summed E-state index contributed by atoms with van der Waals surface area (Å²) in [5, 5.41) is 9.18. The first-order valence-electron chi connectivity index (χ1n) is 10.2. The van der Waals surface area contributed by atoms with Crippen LogP contribution in [0.2, 0.25) is 0 Å². The van der Waals surface area contributed by atoms with Crippen molar-refractivity contribution in [2.24, 2.45) is 0 Å². The molecule has 1 aliphatic rings. The van der Waals surface area contributed by atoms with Crippen LogP contribution in [0.3, 0.4) is 0 Å². The second-order valence-electron chi connectivity index (χ2n) is 7.09. The minimum absolute atomic E-state index is 0.243. The van der Waals surface area contributed by atoms with Crippen LogP contribution in [0.5, 0.6) is 11.5 Å². The first-order valence-corrected chi connectivity index (χ1v) is 11.4. The molecule has 1 aromatic carbocycles. The molecule has 1 N–H and O–H groups in total. The van der Waals surface area contributed by atoms with E-state index < -0.39 is 17.9 Å². The van der Waals surface area contributed by atoms with Gasteiger partial charge in [0.1, 0.15) is 10.4 Å². The third kappa shape index (κ3) is 6.47. The summed E-state index contributed by atoms with van der Waals surface area (Å²) in [7, 11) is 1.57. The predicted molar refractivity (Wildman–Crippen MR) is 124 cm³/mol. The standard InChI is InChI=1S/C22H29NO5S2/c1-4-5-6-7-8-9-12-28-17-11-10-16(13-18(17)27-3)14-19-20(24)23(22(29)30-19)15(2)21(25)26/h10-11,13-15H,4-9,12H2,1-3H3,(H,25,26)/b19-14-/t15-/m1/s1. The Morgan fingerprint density at radius 1 is 1.23 bits per heavy atom. The first kappa shape index (κ1) is 24.2. The maximum atomic E-state index is 12.6. The second kappa shape index (κ2) is 12.0. The number of ether oxygens (including phenoxy) is 2. The van der Waals surface area contributed by atoms with Crippen LogP contribution in [0, 0.1) is 0 Å². The van der Waals surface area contributed by atoms with Crippen LogP contribution in [-0.2, 0) is 9.59 Å². The number of hydrogen-bond acceptors (Lipinski definition) is 6. The van der Waals surface area contributed by atoms with E-state index in [0.717, 1.165) is 35.1 Å². The van der Waals surface area contributed by atoms with Crippen molar-refractivity contribution in [1.29, 1.82) is 0 Å². The number of hydrogen-bond donors (Lipinski definition) is 1. The van der Waals surface area contributed by atoms with Crippen molar-refractivity contribution in [2.75, 3.05) is 13.7 Å². The summed E-state index contributed by atoms with van der Waals surface area (Å²) in [6.07, 6.45) is 8.86. The molecule has 0 bridgehead atoms. The van der Waals surface area contributed by atoms with Gasteiger partial charge in [0.25, 0.3) is 5.91 Å². The number of benzene rings is 1. The lowest BCUT2D eigenvalue weighted by Gasteiger charge is -2.18. The number of carboxylic acid groups (broad SMARTS) is 1. The molecule has 0 unspecified atom stereocenters. The number of nitrogens with zero attached hydrogens (tertiary/aromatic N) is 1. The molecular weight excluding hydrogens is 422 g/mol. The third-order valence-electron chi connectivity index (χ3n) is 4.81. The van der Waals surface area contributed by atoms with Gasteiger partial charge in [0.05, 0.1) is 18.6 Å². The molecule has 6 nitrogen and oxygen atoms in total. The Morgan fingerprint density at radius 3 is 2.60 bits per heavy atom. The Labute approximate surface area is 187 Å². The van der Waals surface area contributed by atoms with Gasteiger partial charge in [0, 0.05) is 0 Å². The molecule has 1 saturated heterocycles. The number of methoxy groups -OCH3 is 1. The molecule has 164 valence electrons. The summed E-state index contributed by atoms with van der Waals surface area (Å²) in [6.45, 7) is 4.28. The Hall–Kier alpha value is -2.06. The zero-order valence-electron chi connectivity index (χ0n) is 17.7. The van der Waals surface area contributed by atoms with Crippen molar-refractivity contribution in [3.05, 3.63) is 28.7 Å². The second-order valence-corrected chi connectivity index (χ2v) is 8.77. The summed E-state index contributed by atoms with van der Waals surface area (Å²) >= 11 is 6.29. The van der Waals surface area contributed by atoms with E-state index in [2.05, 4.69) is 6.92 Å². The van der Waals surface area contributed by atoms with Gasteiger partial charge in [-0.3, -0.25) is 9.69 Å². The van der Waals surface area contributed by atoms with Gasteiger partial charge in [-0.05, 0) is 37.1 Å². The van der Waals surface area contributed by atoms with Crippen LogP contribution in [0.1, 0.15) is 57.9 Å². The molecule has 30 heavy (non-hydrogen) atoms. The first-order chi connectivity index (χ1) is 14.4. The van der Waals surface area contributed by atoms with Crippen LogP contribution in [0.15, 0.2) is 23.1 Å². The van der Waals surface area contributed by atoms with Crippen molar-refractivity contribution >= 4 is 46.3 Å². The summed E-state index contributed by atoms with van der Waals surface area (Å²) in [4.78, 5) is 25.3. The number of thioether (sulfide) groups is 1. The molecule has 1 aromatic rings. The number of thiocarbonyl (C=S) groups is 1. The summed E-state index contributed by atoms with van der Waals surface area (Å²) in [5.41, 5.74) is 0.752. The molecule has 0 aromatic heterocycles. The molecular formula is C22H29NO5S2. The Morgan fingerprint density at radius 2 is 1.93 bits per heavy atom. The van der Waals surface area contributed by atoms with Gasteiger partial charge in [-0.2, -0.15) is 0 Å². The van der Waals surface area contributed by atoms with E-state index in [1.165, 1.54) is 32.6 Å². The average molecular weight is 452 g/mol. The predicted octanol–water partition coefficient (Wildman–Crippen LogP) is 5.11. The molecule has 1 fully saturated rings. The highest BCUT2D eigenvalue weighted by Crippen LogP contribution is 2.35. The molecule has 0 aliphatic carbocycles. The van der Waals surface area contributed by atoms with E-state index in [4.69, 9.17) is 21.7 Å². The van der Waals surface area contributed by atoms with E-state index in [-0.39, 0.29) is 4.32 Å². The van der Waals surface area contributed by atoms with Crippen molar-refractivity contribution in [3.63, 3.8) is 0 Å². The molecule has 0 radical (unpaired) electrons. The number of aliphatic carboxylic acids is 1. The molecule has 1 aliphatic heterocycles. The lowest BCUT2D eigenvalue weighted by atomic mass is 10.1. The molecule has 1 atom stereocenters. The van der Waals surface area contributed by atoms with Crippen molar-refractivity contribution in [2.45, 2.75) is 58.4 Å². The topological polar surface area (TPSA) is 76.1 Å². The van der Waals surface area contributed by atoms with Crippen molar-refractivity contribution < 1.29 is 24.2 Å². The molecule has 0 spiro atoms. The van der Waals surface area contributed by atoms with Crippen LogP contribution in [0.4, 0.5) is 0 Å². The van der Waals surface area contributed by atoms with Gasteiger partial charge in [0.2, 0.25) is 0 Å². The fraction of sp³-hybridized carbons (Fsp3) is 0.500.